The smallest absolute Gasteiger partial charge is 0.289 e. The first-order chi connectivity index (χ1) is 12.9. The second-order valence-corrected chi connectivity index (χ2v) is 6.18. The number of amides is 1. The zero-order valence-corrected chi connectivity index (χ0v) is 14.6. The minimum atomic E-state index is -1.17. The summed E-state index contributed by atoms with van der Waals surface area (Å²) in [6.45, 7) is 1.52. The summed E-state index contributed by atoms with van der Waals surface area (Å²) < 4.78 is 30.2. The molecule has 1 amide bonds. The van der Waals surface area contributed by atoms with Crippen LogP contribution in [0.15, 0.2) is 23.0 Å². The number of benzene rings is 1. The van der Waals surface area contributed by atoms with E-state index in [4.69, 9.17) is 9.94 Å². The molecule has 0 saturated heterocycles. The molecule has 0 unspecified atom stereocenters. The number of pyridine rings is 1. The van der Waals surface area contributed by atoms with Crippen molar-refractivity contribution in [1.82, 2.24) is 10.0 Å². The number of anilines is 2. The topological polar surface area (TPSA) is 92.6 Å². The fourth-order valence-corrected chi connectivity index (χ4v) is 3.07. The first-order valence-electron chi connectivity index (χ1n) is 8.45. The van der Waals surface area contributed by atoms with Crippen LogP contribution in [-0.4, -0.2) is 28.8 Å². The molecule has 2 heterocycles. The normalized spacial score (nSPS) is 12.7. The molecule has 0 bridgehead atoms. The predicted octanol–water partition coefficient (Wildman–Crippen LogP) is 1.78. The number of fused-ring (bicyclic) bond motifs is 1. The second kappa shape index (κ2) is 7.85. The maximum atomic E-state index is 14.8. The molecule has 0 atom stereocenters. The minimum Gasteiger partial charge on any atom is -0.394 e. The van der Waals surface area contributed by atoms with Gasteiger partial charge in [0.2, 0.25) is 5.82 Å². The van der Waals surface area contributed by atoms with Crippen LogP contribution in [0.5, 0.6) is 0 Å². The van der Waals surface area contributed by atoms with E-state index in [9.17, 15) is 18.4 Å². The Labute approximate surface area is 153 Å². The number of carbonyl (C=O) groups excluding carboxylic acids is 1. The lowest BCUT2D eigenvalue weighted by atomic mass is 10.1. The van der Waals surface area contributed by atoms with E-state index in [0.29, 0.717) is 30.6 Å². The lowest BCUT2D eigenvalue weighted by Gasteiger charge is -2.17. The number of rotatable bonds is 6. The van der Waals surface area contributed by atoms with Crippen molar-refractivity contribution in [2.45, 2.75) is 26.3 Å². The zero-order valence-electron chi connectivity index (χ0n) is 14.6. The van der Waals surface area contributed by atoms with Gasteiger partial charge in [0, 0.05) is 12.2 Å². The van der Waals surface area contributed by atoms with Crippen LogP contribution in [0.2, 0.25) is 0 Å². The van der Waals surface area contributed by atoms with Gasteiger partial charge >= 0.3 is 0 Å². The van der Waals surface area contributed by atoms with Crippen molar-refractivity contribution in [3.63, 3.8) is 0 Å². The molecule has 1 aliphatic heterocycles. The summed E-state index contributed by atoms with van der Waals surface area (Å²) in [7, 11) is 0. The summed E-state index contributed by atoms with van der Waals surface area (Å²) in [4.78, 5) is 29.7. The standard InChI is InChI=1S/C18H19F2N3O4/c1-10-4-5-12(11(19)9-10)21-16-14(17(25)22-27-8-7-24)13-3-2-6-23(13)18(26)15(16)20/h4-5,9,21,24H,2-3,6-8H2,1H3,(H,22,25). The Morgan fingerprint density at radius 2 is 2.15 bits per heavy atom. The highest BCUT2D eigenvalue weighted by molar-refractivity contribution is 6.01. The summed E-state index contributed by atoms with van der Waals surface area (Å²) in [5.74, 6) is -2.60. The third-order valence-corrected chi connectivity index (χ3v) is 4.28. The van der Waals surface area contributed by atoms with Crippen LogP contribution in [0.3, 0.4) is 0 Å². The van der Waals surface area contributed by atoms with Crippen molar-refractivity contribution in [3.8, 4) is 0 Å². The molecule has 3 N–H and O–H groups in total. The Morgan fingerprint density at radius 1 is 1.37 bits per heavy atom. The number of carbonyl (C=O) groups is 1. The summed E-state index contributed by atoms with van der Waals surface area (Å²) in [5.41, 5.74) is 1.67. The molecule has 144 valence electrons. The molecule has 0 radical (unpaired) electrons. The molecule has 9 heteroatoms. The molecule has 2 aromatic rings. The van der Waals surface area contributed by atoms with Crippen molar-refractivity contribution in [2.75, 3.05) is 18.5 Å². The van der Waals surface area contributed by atoms with Crippen LogP contribution in [0.1, 0.15) is 28.0 Å². The molecule has 0 aliphatic carbocycles. The van der Waals surface area contributed by atoms with E-state index in [2.05, 4.69) is 10.8 Å². The van der Waals surface area contributed by atoms with Gasteiger partial charge in [-0.2, -0.15) is 4.39 Å². The van der Waals surface area contributed by atoms with E-state index < -0.39 is 28.8 Å². The van der Waals surface area contributed by atoms with Gasteiger partial charge in [-0.3, -0.25) is 14.4 Å². The molecule has 3 rings (SSSR count). The fraction of sp³-hybridized carbons (Fsp3) is 0.333. The Morgan fingerprint density at radius 3 is 2.85 bits per heavy atom. The van der Waals surface area contributed by atoms with E-state index >= 15 is 0 Å². The average Bonchev–Trinajstić information content (AvgIpc) is 3.11. The third-order valence-electron chi connectivity index (χ3n) is 4.28. The maximum Gasteiger partial charge on any atom is 0.289 e. The number of hydrogen-bond acceptors (Lipinski definition) is 5. The van der Waals surface area contributed by atoms with Crippen LogP contribution >= 0.6 is 0 Å². The molecule has 0 saturated carbocycles. The van der Waals surface area contributed by atoms with Gasteiger partial charge in [0.25, 0.3) is 11.5 Å². The fourth-order valence-electron chi connectivity index (χ4n) is 3.07. The van der Waals surface area contributed by atoms with Crippen molar-refractivity contribution in [2.24, 2.45) is 0 Å². The van der Waals surface area contributed by atoms with Gasteiger partial charge in [-0.1, -0.05) is 6.07 Å². The van der Waals surface area contributed by atoms with Crippen molar-refractivity contribution in [1.29, 1.82) is 0 Å². The maximum absolute atomic E-state index is 14.8. The van der Waals surface area contributed by atoms with Gasteiger partial charge in [0.1, 0.15) is 5.82 Å². The van der Waals surface area contributed by atoms with Gasteiger partial charge in [-0.15, -0.1) is 0 Å². The molecule has 7 nitrogen and oxygen atoms in total. The number of aliphatic hydroxyl groups excluding tert-OH is 1. The van der Waals surface area contributed by atoms with Gasteiger partial charge in [-0.05, 0) is 37.5 Å². The average molecular weight is 379 g/mol. The quantitative estimate of drug-likeness (QED) is 0.526. The largest absolute Gasteiger partial charge is 0.394 e. The monoisotopic (exact) mass is 379 g/mol. The van der Waals surface area contributed by atoms with E-state index in [0.717, 1.165) is 0 Å². The van der Waals surface area contributed by atoms with Gasteiger partial charge in [-0.25, -0.2) is 9.87 Å². The minimum absolute atomic E-state index is 0.0628. The predicted molar refractivity (Wildman–Crippen MR) is 93.9 cm³/mol. The van der Waals surface area contributed by atoms with E-state index in [1.54, 1.807) is 13.0 Å². The van der Waals surface area contributed by atoms with Crippen LogP contribution in [0, 0.1) is 18.6 Å². The summed E-state index contributed by atoms with van der Waals surface area (Å²) in [6.07, 6.45) is 0.970. The molecule has 0 spiro atoms. The molecule has 1 aliphatic rings. The molecular weight excluding hydrogens is 360 g/mol. The third kappa shape index (κ3) is 3.69. The number of aromatic nitrogens is 1. The number of aryl methyl sites for hydroxylation is 1. The Bertz CT molecular complexity index is 943. The van der Waals surface area contributed by atoms with Crippen LogP contribution in [-0.2, 0) is 17.8 Å². The molecule has 0 fully saturated rings. The van der Waals surface area contributed by atoms with Crippen LogP contribution < -0.4 is 16.4 Å². The van der Waals surface area contributed by atoms with Crippen molar-refractivity contribution >= 4 is 17.3 Å². The molecule has 1 aromatic heterocycles. The Balaban J connectivity index is 2.09. The van der Waals surface area contributed by atoms with Crippen molar-refractivity contribution in [3.05, 3.63) is 57.0 Å². The number of nitrogens with one attached hydrogen (secondary N) is 2. The summed E-state index contributed by atoms with van der Waals surface area (Å²) in [5, 5.41) is 11.3. The van der Waals surface area contributed by atoms with Crippen LogP contribution in [0.4, 0.5) is 20.2 Å². The van der Waals surface area contributed by atoms with E-state index in [1.807, 2.05) is 0 Å². The van der Waals surface area contributed by atoms with E-state index in [-0.39, 0.29) is 24.5 Å². The van der Waals surface area contributed by atoms with E-state index in [1.165, 1.54) is 16.7 Å². The lowest BCUT2D eigenvalue weighted by Crippen LogP contribution is -2.32. The first kappa shape index (κ1) is 19.0. The number of halogens is 2. The molecule has 27 heavy (non-hydrogen) atoms. The number of hydroxylamine groups is 1. The highest BCUT2D eigenvalue weighted by atomic mass is 19.1. The second-order valence-electron chi connectivity index (χ2n) is 6.18. The highest BCUT2D eigenvalue weighted by Gasteiger charge is 2.29. The number of nitrogens with zero attached hydrogens (tertiary/aromatic N) is 1. The Hall–Kier alpha value is -2.78. The van der Waals surface area contributed by atoms with Crippen molar-refractivity contribution < 1.29 is 23.5 Å². The molecule has 1 aromatic carbocycles. The summed E-state index contributed by atoms with van der Waals surface area (Å²) >= 11 is 0. The number of hydrogen-bond donors (Lipinski definition) is 3. The molecular formula is C18H19F2N3O4. The van der Waals surface area contributed by atoms with Gasteiger partial charge < -0.3 is 15.0 Å². The van der Waals surface area contributed by atoms with Gasteiger partial charge in [0.15, 0.2) is 0 Å². The SMILES string of the molecule is Cc1ccc(Nc2c(C(=O)NOCCO)c3n(c(=O)c2F)CCC3)c(F)c1. The highest BCUT2D eigenvalue weighted by Crippen LogP contribution is 2.30. The number of aliphatic hydroxyl groups is 1. The zero-order chi connectivity index (χ0) is 19.6. The summed E-state index contributed by atoms with van der Waals surface area (Å²) in [6, 6.07) is 4.27. The Kier molecular flexibility index (Phi) is 5.52. The van der Waals surface area contributed by atoms with Crippen LogP contribution in [0.25, 0.3) is 0 Å². The van der Waals surface area contributed by atoms with Gasteiger partial charge in [0.05, 0.1) is 30.2 Å². The lowest BCUT2D eigenvalue weighted by molar-refractivity contribution is 0.0167. The first-order valence-corrected chi connectivity index (χ1v) is 8.45.